The van der Waals surface area contributed by atoms with E-state index in [-0.39, 0.29) is 0 Å². The van der Waals surface area contributed by atoms with E-state index in [0.29, 0.717) is 18.4 Å². The number of nitrogens with one attached hydrogen (secondary N) is 1. The van der Waals surface area contributed by atoms with E-state index in [2.05, 4.69) is 10.4 Å². The number of aromatic hydroxyl groups is 1. The fourth-order valence-electron chi connectivity index (χ4n) is 2.60. The van der Waals surface area contributed by atoms with Crippen molar-refractivity contribution in [2.75, 3.05) is 11.9 Å². The minimum absolute atomic E-state index is 0.290. The predicted octanol–water partition coefficient (Wildman–Crippen LogP) is 2.69. The molecule has 5 nitrogen and oxygen atoms in total. The van der Waals surface area contributed by atoms with Crippen molar-refractivity contribution in [2.24, 2.45) is 0 Å². The van der Waals surface area contributed by atoms with Crippen molar-refractivity contribution < 1.29 is 9.84 Å². The number of aryl methyl sites for hydroxylation is 1. The van der Waals surface area contributed by atoms with Gasteiger partial charge in [-0.15, -0.1) is 0 Å². The number of nitrogens with zero attached hydrogens (tertiary/aromatic N) is 2. The third kappa shape index (κ3) is 3.55. The highest BCUT2D eigenvalue weighted by Crippen LogP contribution is 2.20. The molecule has 0 spiro atoms. The van der Waals surface area contributed by atoms with Gasteiger partial charge in [0, 0.05) is 24.9 Å². The minimum Gasteiger partial charge on any atom is -0.508 e. The molecule has 1 fully saturated rings. The third-order valence-electron chi connectivity index (χ3n) is 3.77. The van der Waals surface area contributed by atoms with Gasteiger partial charge in [-0.25, -0.2) is 0 Å². The molecular formula is C16H21N3O2. The van der Waals surface area contributed by atoms with E-state index in [1.807, 2.05) is 36.1 Å². The van der Waals surface area contributed by atoms with E-state index < -0.39 is 0 Å². The van der Waals surface area contributed by atoms with Crippen LogP contribution in [0, 0.1) is 6.92 Å². The van der Waals surface area contributed by atoms with Crippen molar-refractivity contribution in [3.8, 4) is 5.75 Å². The Morgan fingerprint density at radius 3 is 3.19 bits per heavy atom. The second-order valence-corrected chi connectivity index (χ2v) is 5.57. The number of benzene rings is 1. The number of phenols is 1. The number of ether oxygens (including phenoxy) is 1. The Balaban J connectivity index is 1.58. The Hall–Kier alpha value is -2.01. The van der Waals surface area contributed by atoms with E-state index >= 15 is 0 Å². The van der Waals surface area contributed by atoms with Crippen molar-refractivity contribution in [3.63, 3.8) is 0 Å². The van der Waals surface area contributed by atoms with Gasteiger partial charge in [0.2, 0.25) is 0 Å². The normalized spacial score (nSPS) is 18.0. The van der Waals surface area contributed by atoms with Gasteiger partial charge in [0.1, 0.15) is 5.75 Å². The summed E-state index contributed by atoms with van der Waals surface area (Å²) < 4.78 is 7.52. The van der Waals surface area contributed by atoms with E-state index in [0.717, 1.165) is 42.8 Å². The first-order chi connectivity index (χ1) is 10.2. The highest BCUT2D eigenvalue weighted by atomic mass is 16.5. The first-order valence-electron chi connectivity index (χ1n) is 7.37. The zero-order valence-corrected chi connectivity index (χ0v) is 12.2. The summed E-state index contributed by atoms with van der Waals surface area (Å²) in [7, 11) is 0. The first-order valence-corrected chi connectivity index (χ1v) is 7.37. The molecule has 112 valence electrons. The Bertz CT molecular complexity index is 603. The van der Waals surface area contributed by atoms with Gasteiger partial charge in [-0.1, -0.05) is 17.7 Å². The monoisotopic (exact) mass is 287 g/mol. The summed E-state index contributed by atoms with van der Waals surface area (Å²) in [6.45, 7) is 4.27. The Labute approximate surface area is 124 Å². The molecule has 2 N–H and O–H groups in total. The largest absolute Gasteiger partial charge is 0.508 e. The maximum absolute atomic E-state index is 9.83. The molecule has 5 heteroatoms. The summed E-state index contributed by atoms with van der Waals surface area (Å²) in [5.74, 6) is 0.319. The highest BCUT2D eigenvalue weighted by molar-refractivity contribution is 5.42. The van der Waals surface area contributed by atoms with Gasteiger partial charge in [-0.3, -0.25) is 4.68 Å². The van der Waals surface area contributed by atoms with Gasteiger partial charge in [0.05, 0.1) is 24.5 Å². The summed E-state index contributed by atoms with van der Waals surface area (Å²) in [6, 6.07) is 5.62. The molecule has 1 aromatic carbocycles. The molecule has 1 aromatic heterocycles. The SMILES string of the molecule is Cc1ccc(O)c(CNc2cnn(CC3CCCO3)c2)c1. The third-order valence-corrected chi connectivity index (χ3v) is 3.77. The molecule has 21 heavy (non-hydrogen) atoms. The van der Waals surface area contributed by atoms with E-state index in [9.17, 15) is 5.11 Å². The van der Waals surface area contributed by atoms with Crippen LogP contribution in [0.15, 0.2) is 30.6 Å². The number of aromatic nitrogens is 2. The number of hydrogen-bond acceptors (Lipinski definition) is 4. The second kappa shape index (κ2) is 6.18. The molecule has 0 saturated carbocycles. The standard InChI is InChI=1S/C16H21N3O2/c1-12-4-5-16(20)13(7-12)8-17-14-9-18-19(10-14)11-15-3-2-6-21-15/h4-5,7,9-10,15,17,20H,2-3,6,8,11H2,1H3. The summed E-state index contributed by atoms with van der Waals surface area (Å²) in [5, 5.41) is 17.5. The lowest BCUT2D eigenvalue weighted by molar-refractivity contribution is 0.0940. The van der Waals surface area contributed by atoms with Gasteiger partial charge in [-0.05, 0) is 25.8 Å². The fourth-order valence-corrected chi connectivity index (χ4v) is 2.60. The first kappa shape index (κ1) is 13.9. The van der Waals surface area contributed by atoms with Gasteiger partial charge in [0.15, 0.2) is 0 Å². The highest BCUT2D eigenvalue weighted by Gasteiger charge is 2.16. The zero-order chi connectivity index (χ0) is 14.7. The van der Waals surface area contributed by atoms with Crippen LogP contribution in [0.25, 0.3) is 0 Å². The number of anilines is 1. The smallest absolute Gasteiger partial charge is 0.120 e. The number of hydrogen-bond donors (Lipinski definition) is 2. The molecule has 1 unspecified atom stereocenters. The lowest BCUT2D eigenvalue weighted by Gasteiger charge is -2.09. The molecule has 3 rings (SSSR count). The van der Waals surface area contributed by atoms with Crippen LogP contribution in [0.4, 0.5) is 5.69 Å². The summed E-state index contributed by atoms with van der Waals surface area (Å²) in [6.07, 6.45) is 6.33. The maximum Gasteiger partial charge on any atom is 0.120 e. The van der Waals surface area contributed by atoms with Crippen LogP contribution in [0.5, 0.6) is 5.75 Å². The van der Waals surface area contributed by atoms with Crippen molar-refractivity contribution in [2.45, 2.75) is 39.0 Å². The molecule has 0 amide bonds. The zero-order valence-electron chi connectivity index (χ0n) is 12.2. The second-order valence-electron chi connectivity index (χ2n) is 5.57. The summed E-state index contributed by atoms with van der Waals surface area (Å²) in [5.41, 5.74) is 2.98. The van der Waals surface area contributed by atoms with Crippen LogP contribution in [0.1, 0.15) is 24.0 Å². The van der Waals surface area contributed by atoms with Crippen molar-refractivity contribution in [1.29, 1.82) is 0 Å². The van der Waals surface area contributed by atoms with E-state index in [1.54, 1.807) is 6.07 Å². The topological polar surface area (TPSA) is 59.3 Å². The van der Waals surface area contributed by atoms with E-state index in [1.165, 1.54) is 0 Å². The molecule has 1 aliphatic heterocycles. The van der Waals surface area contributed by atoms with Crippen LogP contribution in [0.3, 0.4) is 0 Å². The molecule has 0 bridgehead atoms. The molecule has 1 saturated heterocycles. The fraction of sp³-hybridized carbons (Fsp3) is 0.438. The van der Waals surface area contributed by atoms with Crippen molar-refractivity contribution in [3.05, 3.63) is 41.7 Å². The van der Waals surface area contributed by atoms with Crippen LogP contribution < -0.4 is 5.32 Å². The van der Waals surface area contributed by atoms with Crippen LogP contribution in [-0.4, -0.2) is 27.6 Å². The Kier molecular flexibility index (Phi) is 4.10. The summed E-state index contributed by atoms with van der Waals surface area (Å²) in [4.78, 5) is 0. The number of phenolic OH excluding ortho intramolecular Hbond substituents is 1. The maximum atomic E-state index is 9.83. The lowest BCUT2D eigenvalue weighted by atomic mass is 10.1. The molecule has 2 heterocycles. The predicted molar refractivity (Wildman–Crippen MR) is 81.4 cm³/mol. The summed E-state index contributed by atoms with van der Waals surface area (Å²) >= 11 is 0. The van der Waals surface area contributed by atoms with Crippen LogP contribution in [0.2, 0.25) is 0 Å². The quantitative estimate of drug-likeness (QED) is 0.887. The van der Waals surface area contributed by atoms with Crippen LogP contribution >= 0.6 is 0 Å². The molecule has 1 aliphatic rings. The Morgan fingerprint density at radius 2 is 2.38 bits per heavy atom. The van der Waals surface area contributed by atoms with Gasteiger partial charge in [0.25, 0.3) is 0 Å². The van der Waals surface area contributed by atoms with Gasteiger partial charge in [-0.2, -0.15) is 5.10 Å². The molecule has 0 radical (unpaired) electrons. The average Bonchev–Trinajstić information content (AvgIpc) is 3.12. The van der Waals surface area contributed by atoms with E-state index in [4.69, 9.17) is 4.74 Å². The van der Waals surface area contributed by atoms with Gasteiger partial charge >= 0.3 is 0 Å². The molecule has 1 atom stereocenters. The van der Waals surface area contributed by atoms with Crippen LogP contribution in [-0.2, 0) is 17.8 Å². The minimum atomic E-state index is 0.290. The molecular weight excluding hydrogens is 266 g/mol. The Morgan fingerprint density at radius 1 is 1.48 bits per heavy atom. The van der Waals surface area contributed by atoms with Gasteiger partial charge < -0.3 is 15.2 Å². The average molecular weight is 287 g/mol. The lowest BCUT2D eigenvalue weighted by Crippen LogP contribution is -2.15. The molecule has 0 aliphatic carbocycles. The van der Waals surface area contributed by atoms with Crippen molar-refractivity contribution >= 4 is 5.69 Å². The molecule has 2 aromatic rings. The van der Waals surface area contributed by atoms with Crippen molar-refractivity contribution in [1.82, 2.24) is 9.78 Å². The number of rotatable bonds is 5.